The standard InChI is InChI=1S/C24H26Cl2F3N5O/c1-14-21(23(35)33-10-4-5-16(33)13-32-8-2-3-9-32)22(15-6-7-17(25)18(26)11-15)34-20(30-14)12-19(31-34)24(27,28)29/h6-7,11-12,16,22,30H,2-5,8-10,13H2,1H3/t16-,22?/m0/s1. The Morgan fingerprint density at radius 1 is 1.11 bits per heavy atom. The molecule has 6 nitrogen and oxygen atoms in total. The number of carbonyl (C=O) groups excluding carboxylic acids is 1. The predicted octanol–water partition coefficient (Wildman–Crippen LogP) is 5.58. The highest BCUT2D eigenvalue weighted by Gasteiger charge is 2.42. The number of benzene rings is 1. The van der Waals surface area contributed by atoms with Crippen LogP contribution in [0.1, 0.15) is 49.9 Å². The molecule has 0 radical (unpaired) electrons. The van der Waals surface area contributed by atoms with Gasteiger partial charge in [-0.2, -0.15) is 18.3 Å². The number of rotatable bonds is 4. The Kier molecular flexibility index (Phi) is 6.52. The van der Waals surface area contributed by atoms with Gasteiger partial charge in [-0.25, -0.2) is 4.68 Å². The van der Waals surface area contributed by atoms with Gasteiger partial charge in [0.05, 0.1) is 15.6 Å². The smallest absolute Gasteiger partial charge is 0.344 e. The lowest BCUT2D eigenvalue weighted by Crippen LogP contribution is -2.45. The molecule has 3 aliphatic rings. The molecule has 1 unspecified atom stereocenters. The second-order valence-electron chi connectivity index (χ2n) is 9.40. The van der Waals surface area contributed by atoms with Gasteiger partial charge in [-0.3, -0.25) is 4.79 Å². The van der Waals surface area contributed by atoms with Gasteiger partial charge in [0.1, 0.15) is 11.9 Å². The Morgan fingerprint density at radius 2 is 1.86 bits per heavy atom. The minimum absolute atomic E-state index is 0.0695. The van der Waals surface area contributed by atoms with Crippen molar-refractivity contribution in [1.29, 1.82) is 0 Å². The van der Waals surface area contributed by atoms with E-state index >= 15 is 0 Å². The molecule has 0 saturated carbocycles. The van der Waals surface area contributed by atoms with E-state index < -0.39 is 17.9 Å². The highest BCUT2D eigenvalue weighted by molar-refractivity contribution is 6.42. The molecule has 2 atom stereocenters. The van der Waals surface area contributed by atoms with E-state index in [0.717, 1.165) is 51.4 Å². The highest BCUT2D eigenvalue weighted by Crippen LogP contribution is 2.41. The van der Waals surface area contributed by atoms with Crippen molar-refractivity contribution >= 4 is 34.9 Å². The first-order valence-electron chi connectivity index (χ1n) is 11.8. The van der Waals surface area contributed by atoms with Crippen molar-refractivity contribution in [2.45, 2.75) is 50.9 Å². The lowest BCUT2D eigenvalue weighted by molar-refractivity contribution is -0.141. The van der Waals surface area contributed by atoms with Crippen molar-refractivity contribution in [2.24, 2.45) is 0 Å². The third-order valence-electron chi connectivity index (χ3n) is 7.06. The van der Waals surface area contributed by atoms with Crippen molar-refractivity contribution in [2.75, 3.05) is 31.5 Å². The SMILES string of the molecule is CC1=C(C(=O)N2CCC[C@H]2CN2CCCC2)C(c2ccc(Cl)c(Cl)c2)n2nc(C(F)(F)F)cc2N1. The molecule has 0 bridgehead atoms. The molecule has 0 spiro atoms. The number of amides is 1. The van der Waals surface area contributed by atoms with Crippen LogP contribution in [0.4, 0.5) is 19.0 Å². The fourth-order valence-electron chi connectivity index (χ4n) is 5.39. The van der Waals surface area contributed by atoms with Crippen molar-refractivity contribution in [1.82, 2.24) is 19.6 Å². The van der Waals surface area contributed by atoms with Gasteiger partial charge in [0.25, 0.3) is 5.91 Å². The van der Waals surface area contributed by atoms with Crippen LogP contribution >= 0.6 is 23.2 Å². The van der Waals surface area contributed by atoms with Crippen molar-refractivity contribution in [3.05, 3.63) is 56.8 Å². The number of likely N-dealkylation sites (tertiary alicyclic amines) is 2. The van der Waals surface area contributed by atoms with Crippen molar-refractivity contribution in [3.63, 3.8) is 0 Å². The number of alkyl halides is 3. The Hall–Kier alpha value is -2.23. The molecule has 2 fully saturated rings. The zero-order valence-corrected chi connectivity index (χ0v) is 20.7. The molecular weight excluding hydrogens is 502 g/mol. The van der Waals surface area contributed by atoms with Crippen LogP contribution in [0, 0.1) is 0 Å². The lowest BCUT2D eigenvalue weighted by Gasteiger charge is -2.34. The zero-order chi connectivity index (χ0) is 24.9. The molecule has 2 saturated heterocycles. The first kappa shape index (κ1) is 24.5. The summed E-state index contributed by atoms with van der Waals surface area (Å²) in [5.41, 5.74) is 0.372. The third kappa shape index (κ3) is 4.66. The monoisotopic (exact) mass is 527 g/mol. The molecule has 5 rings (SSSR count). The van der Waals surface area contributed by atoms with Gasteiger partial charge in [-0.05, 0) is 63.4 Å². The molecule has 188 valence electrons. The fourth-order valence-corrected chi connectivity index (χ4v) is 5.70. The Morgan fingerprint density at radius 3 is 2.54 bits per heavy atom. The summed E-state index contributed by atoms with van der Waals surface area (Å²) in [6, 6.07) is 5.00. The van der Waals surface area contributed by atoms with E-state index in [1.54, 1.807) is 25.1 Å². The number of carbonyl (C=O) groups is 1. The largest absolute Gasteiger partial charge is 0.435 e. The molecule has 1 amide bonds. The second kappa shape index (κ2) is 9.33. The second-order valence-corrected chi connectivity index (χ2v) is 10.2. The van der Waals surface area contributed by atoms with Crippen LogP contribution in [0.3, 0.4) is 0 Å². The number of aromatic nitrogens is 2. The van der Waals surface area contributed by atoms with Crippen LogP contribution in [0.25, 0.3) is 0 Å². The molecule has 11 heteroatoms. The van der Waals surface area contributed by atoms with Crippen LogP contribution in [0.15, 0.2) is 35.5 Å². The summed E-state index contributed by atoms with van der Waals surface area (Å²) in [6.45, 7) is 5.21. The number of hydrogen-bond acceptors (Lipinski definition) is 4. The summed E-state index contributed by atoms with van der Waals surface area (Å²) in [7, 11) is 0. The minimum atomic E-state index is -4.62. The summed E-state index contributed by atoms with van der Waals surface area (Å²) < 4.78 is 41.8. The van der Waals surface area contributed by atoms with Crippen LogP contribution in [-0.4, -0.2) is 57.7 Å². The highest BCUT2D eigenvalue weighted by atomic mass is 35.5. The Labute approximate surface area is 211 Å². The molecule has 1 aromatic heterocycles. The molecule has 4 heterocycles. The average molecular weight is 528 g/mol. The lowest BCUT2D eigenvalue weighted by atomic mass is 9.94. The average Bonchev–Trinajstić information content (AvgIpc) is 3.55. The number of nitrogens with one attached hydrogen (secondary N) is 1. The molecule has 3 aliphatic heterocycles. The summed E-state index contributed by atoms with van der Waals surface area (Å²) >= 11 is 12.4. The minimum Gasteiger partial charge on any atom is -0.344 e. The summed E-state index contributed by atoms with van der Waals surface area (Å²) in [6.07, 6.45) is -0.491. The van der Waals surface area contributed by atoms with Crippen LogP contribution in [0.5, 0.6) is 0 Å². The van der Waals surface area contributed by atoms with E-state index in [-0.39, 0.29) is 22.8 Å². The fraction of sp³-hybridized carbons (Fsp3) is 0.500. The summed E-state index contributed by atoms with van der Waals surface area (Å²) in [4.78, 5) is 18.3. The number of fused-ring (bicyclic) bond motifs is 1. The maximum Gasteiger partial charge on any atom is 0.435 e. The van der Waals surface area contributed by atoms with Gasteiger partial charge in [-0.15, -0.1) is 0 Å². The molecule has 1 aromatic carbocycles. The van der Waals surface area contributed by atoms with Gasteiger partial charge >= 0.3 is 6.18 Å². The quantitative estimate of drug-likeness (QED) is 0.563. The van der Waals surface area contributed by atoms with Crippen molar-refractivity contribution < 1.29 is 18.0 Å². The van der Waals surface area contributed by atoms with E-state index in [0.29, 0.717) is 28.4 Å². The summed E-state index contributed by atoms with van der Waals surface area (Å²) in [5.74, 6) is -0.0278. The maximum absolute atomic E-state index is 14.0. The van der Waals surface area contributed by atoms with E-state index in [1.807, 2.05) is 4.90 Å². The van der Waals surface area contributed by atoms with E-state index in [9.17, 15) is 18.0 Å². The van der Waals surface area contributed by atoms with Gasteiger partial charge in [0.15, 0.2) is 5.69 Å². The maximum atomic E-state index is 14.0. The summed E-state index contributed by atoms with van der Waals surface area (Å²) in [5, 5.41) is 7.43. The normalized spacial score (nSPS) is 23.1. The molecule has 1 N–H and O–H groups in total. The van der Waals surface area contributed by atoms with E-state index in [2.05, 4.69) is 15.3 Å². The first-order valence-corrected chi connectivity index (χ1v) is 12.5. The third-order valence-corrected chi connectivity index (χ3v) is 7.80. The zero-order valence-electron chi connectivity index (χ0n) is 19.2. The molecule has 0 aliphatic carbocycles. The van der Waals surface area contributed by atoms with Gasteiger partial charge < -0.3 is 15.1 Å². The van der Waals surface area contributed by atoms with E-state index in [1.165, 1.54) is 4.68 Å². The first-order chi connectivity index (χ1) is 16.6. The van der Waals surface area contributed by atoms with Gasteiger partial charge in [0, 0.05) is 30.9 Å². The number of nitrogens with zero attached hydrogens (tertiary/aromatic N) is 4. The number of allylic oxidation sites excluding steroid dienone is 1. The molecule has 35 heavy (non-hydrogen) atoms. The Bertz CT molecular complexity index is 1170. The Balaban J connectivity index is 1.55. The molecule has 2 aromatic rings. The molecular formula is C24H26Cl2F3N5O. The number of hydrogen-bond donors (Lipinski definition) is 1. The van der Waals surface area contributed by atoms with Crippen LogP contribution < -0.4 is 5.32 Å². The van der Waals surface area contributed by atoms with Crippen LogP contribution in [-0.2, 0) is 11.0 Å². The van der Waals surface area contributed by atoms with Crippen molar-refractivity contribution in [3.8, 4) is 0 Å². The van der Waals surface area contributed by atoms with Gasteiger partial charge in [0.2, 0.25) is 0 Å². The number of anilines is 1. The van der Waals surface area contributed by atoms with E-state index in [4.69, 9.17) is 23.2 Å². The van der Waals surface area contributed by atoms with Gasteiger partial charge in [-0.1, -0.05) is 29.3 Å². The predicted molar refractivity (Wildman–Crippen MR) is 129 cm³/mol. The topological polar surface area (TPSA) is 53.4 Å². The van der Waals surface area contributed by atoms with Crippen LogP contribution in [0.2, 0.25) is 10.0 Å². The number of halogens is 5.